The Hall–Kier alpha value is -4.23. The molecule has 18 heteroatoms. The number of amides is 1. The minimum absolute atomic E-state index is 0.0139. The highest BCUT2D eigenvalue weighted by molar-refractivity contribution is 7.95. The van der Waals surface area contributed by atoms with Gasteiger partial charge in [-0.1, -0.05) is 17.3 Å². The quantitative estimate of drug-likeness (QED) is 0.146. The molecule has 13 nitrogen and oxygen atoms in total. The lowest BCUT2D eigenvalue weighted by Gasteiger charge is -2.13. The van der Waals surface area contributed by atoms with Gasteiger partial charge < -0.3 is 9.84 Å². The molecule has 3 aromatic heterocycles. The lowest BCUT2D eigenvalue weighted by atomic mass is 10.1. The van der Waals surface area contributed by atoms with Crippen LogP contribution >= 0.6 is 22.7 Å². The van der Waals surface area contributed by atoms with Crippen LogP contribution in [0.2, 0.25) is 0 Å². The Morgan fingerprint density at radius 2 is 1.25 bits per heavy atom. The predicted octanol–water partition coefficient (Wildman–Crippen LogP) is 5.07. The van der Waals surface area contributed by atoms with Crippen molar-refractivity contribution >= 4 is 81.6 Å². The fourth-order valence-electron chi connectivity index (χ4n) is 3.73. The molecule has 0 saturated heterocycles. The number of carbonyl (C=O) groups excluding carboxylic acids is 1. The standard InChI is InChI=1S/C26H23N5O8S5/c1-16-17(2)28-39-26(16)31-42(33,34)22-9-7-19(8-10-22)27-25(32)18-13-20(29-43(35,36)23-5-3-11-40-23)15-21(14-18)30-44(37,38)24-6-4-12-41-24/h3-15,29-31H,1-2H3,(H,27,32). The number of sulfonamides is 3. The Bertz CT molecular complexity index is 2060. The van der Waals surface area contributed by atoms with Gasteiger partial charge >= 0.3 is 0 Å². The van der Waals surface area contributed by atoms with Crippen molar-refractivity contribution in [2.24, 2.45) is 0 Å². The maximum absolute atomic E-state index is 13.3. The Labute approximate surface area is 261 Å². The second-order valence-electron chi connectivity index (χ2n) is 9.18. The third-order valence-corrected chi connectivity index (χ3v) is 12.9. The van der Waals surface area contributed by atoms with Crippen LogP contribution in [0.5, 0.6) is 0 Å². The molecule has 0 saturated carbocycles. The molecule has 0 atom stereocenters. The van der Waals surface area contributed by atoms with Crippen LogP contribution in [0.1, 0.15) is 21.6 Å². The molecule has 0 bridgehead atoms. The first-order valence-electron chi connectivity index (χ1n) is 12.4. The molecule has 3 heterocycles. The van der Waals surface area contributed by atoms with E-state index >= 15 is 0 Å². The summed E-state index contributed by atoms with van der Waals surface area (Å²) < 4.78 is 89.2. The number of nitrogens with one attached hydrogen (secondary N) is 4. The van der Waals surface area contributed by atoms with Crippen LogP contribution in [0.4, 0.5) is 22.9 Å². The van der Waals surface area contributed by atoms with Crippen LogP contribution in [-0.2, 0) is 30.1 Å². The summed E-state index contributed by atoms with van der Waals surface area (Å²) in [5, 5.41) is 9.49. The molecule has 0 radical (unpaired) electrons. The molecule has 44 heavy (non-hydrogen) atoms. The molecular formula is C26H23N5O8S5. The molecule has 0 aliphatic heterocycles. The first-order chi connectivity index (χ1) is 20.7. The Balaban J connectivity index is 1.40. The van der Waals surface area contributed by atoms with Crippen molar-refractivity contribution in [3.8, 4) is 0 Å². The van der Waals surface area contributed by atoms with Gasteiger partial charge in [0.15, 0.2) is 0 Å². The van der Waals surface area contributed by atoms with Gasteiger partial charge in [-0.15, -0.1) is 22.7 Å². The van der Waals surface area contributed by atoms with Gasteiger partial charge in [-0.3, -0.25) is 14.2 Å². The fourth-order valence-corrected chi connectivity index (χ4v) is 8.85. The van der Waals surface area contributed by atoms with Crippen molar-refractivity contribution in [3.63, 3.8) is 0 Å². The second-order valence-corrected chi connectivity index (χ2v) is 16.6. The molecule has 1 amide bonds. The van der Waals surface area contributed by atoms with Crippen molar-refractivity contribution in [1.82, 2.24) is 5.16 Å². The maximum Gasteiger partial charge on any atom is 0.271 e. The summed E-state index contributed by atoms with van der Waals surface area (Å²) in [6, 6.07) is 14.9. The number of aromatic nitrogens is 1. The highest BCUT2D eigenvalue weighted by Crippen LogP contribution is 2.28. The van der Waals surface area contributed by atoms with Crippen LogP contribution in [0.25, 0.3) is 0 Å². The van der Waals surface area contributed by atoms with E-state index in [2.05, 4.69) is 24.6 Å². The van der Waals surface area contributed by atoms with Gasteiger partial charge in [0.25, 0.3) is 36.0 Å². The number of rotatable bonds is 11. The van der Waals surface area contributed by atoms with Gasteiger partial charge in [0, 0.05) is 16.8 Å². The highest BCUT2D eigenvalue weighted by atomic mass is 32.3. The third kappa shape index (κ3) is 6.94. The molecule has 0 aliphatic carbocycles. The molecule has 4 N–H and O–H groups in total. The molecular weight excluding hydrogens is 671 g/mol. The zero-order chi connectivity index (χ0) is 31.7. The van der Waals surface area contributed by atoms with Gasteiger partial charge in [-0.25, -0.2) is 30.0 Å². The highest BCUT2D eigenvalue weighted by Gasteiger charge is 2.22. The molecule has 5 aromatic rings. The zero-order valence-corrected chi connectivity index (χ0v) is 26.8. The van der Waals surface area contributed by atoms with E-state index < -0.39 is 36.0 Å². The first-order valence-corrected chi connectivity index (χ1v) is 18.6. The smallest absolute Gasteiger partial charge is 0.271 e. The lowest BCUT2D eigenvalue weighted by Crippen LogP contribution is -2.17. The van der Waals surface area contributed by atoms with E-state index in [1.54, 1.807) is 36.7 Å². The van der Waals surface area contributed by atoms with Crippen molar-refractivity contribution in [2.45, 2.75) is 27.2 Å². The minimum atomic E-state index is -4.03. The monoisotopic (exact) mass is 693 g/mol. The van der Waals surface area contributed by atoms with Crippen LogP contribution in [0, 0.1) is 13.8 Å². The predicted molar refractivity (Wildman–Crippen MR) is 168 cm³/mol. The zero-order valence-electron chi connectivity index (χ0n) is 22.8. The lowest BCUT2D eigenvalue weighted by molar-refractivity contribution is 0.102. The van der Waals surface area contributed by atoms with Crippen molar-refractivity contribution < 1.29 is 34.6 Å². The number of anilines is 4. The van der Waals surface area contributed by atoms with E-state index in [-0.39, 0.29) is 41.8 Å². The number of aryl methyl sites for hydroxylation is 1. The molecule has 230 valence electrons. The number of hydrogen-bond acceptors (Lipinski definition) is 11. The SMILES string of the molecule is Cc1noc(NS(=O)(=O)c2ccc(NC(=O)c3cc(NS(=O)(=O)c4cccs4)cc(NS(=O)(=O)c4cccs4)c3)cc2)c1C. The van der Waals surface area contributed by atoms with Gasteiger partial charge in [-0.2, -0.15) is 0 Å². The third-order valence-electron chi connectivity index (χ3n) is 6.03. The molecule has 0 unspecified atom stereocenters. The summed E-state index contributed by atoms with van der Waals surface area (Å²) in [5.41, 5.74) is 1.06. The topological polar surface area (TPSA) is 194 Å². The molecule has 0 fully saturated rings. The van der Waals surface area contributed by atoms with Gasteiger partial charge in [0.05, 0.1) is 22.0 Å². The minimum Gasteiger partial charge on any atom is -0.337 e. The van der Waals surface area contributed by atoms with Gasteiger partial charge in [0.2, 0.25) is 5.88 Å². The van der Waals surface area contributed by atoms with E-state index in [4.69, 9.17) is 4.52 Å². The van der Waals surface area contributed by atoms with Crippen molar-refractivity contribution in [3.05, 3.63) is 94.3 Å². The summed E-state index contributed by atoms with van der Waals surface area (Å²) >= 11 is 1.97. The molecule has 0 spiro atoms. The summed E-state index contributed by atoms with van der Waals surface area (Å²) in [6.45, 7) is 3.33. The van der Waals surface area contributed by atoms with Gasteiger partial charge in [0.1, 0.15) is 8.42 Å². The average Bonchev–Trinajstić information content (AvgIpc) is 3.74. The van der Waals surface area contributed by atoms with Crippen LogP contribution in [0.15, 0.2) is 95.3 Å². The van der Waals surface area contributed by atoms with Gasteiger partial charge in [-0.05, 0) is 79.2 Å². The summed E-state index contributed by atoms with van der Waals surface area (Å²) in [7, 11) is -12.1. The van der Waals surface area contributed by atoms with E-state index in [0.29, 0.717) is 11.3 Å². The van der Waals surface area contributed by atoms with Crippen molar-refractivity contribution in [2.75, 3.05) is 19.5 Å². The molecule has 2 aromatic carbocycles. The Kier molecular flexibility index (Phi) is 8.54. The fraction of sp³-hybridized carbons (Fsp3) is 0.0769. The Morgan fingerprint density at radius 1 is 0.705 bits per heavy atom. The number of nitrogens with zero attached hydrogens (tertiary/aromatic N) is 1. The largest absolute Gasteiger partial charge is 0.337 e. The second kappa shape index (κ2) is 12.0. The summed E-state index contributed by atoms with van der Waals surface area (Å²) in [6.07, 6.45) is 0. The molecule has 5 rings (SSSR count). The maximum atomic E-state index is 13.3. The number of carbonyl (C=O) groups is 1. The number of thiophene rings is 2. The normalized spacial score (nSPS) is 12.0. The first kappa shape index (κ1) is 31.2. The van der Waals surface area contributed by atoms with Crippen LogP contribution < -0.4 is 19.5 Å². The summed E-state index contributed by atoms with van der Waals surface area (Å²) in [5.74, 6) is -0.736. The average molecular weight is 694 g/mol. The van der Waals surface area contributed by atoms with Crippen LogP contribution in [0.3, 0.4) is 0 Å². The number of benzene rings is 2. The van der Waals surface area contributed by atoms with E-state index in [1.165, 1.54) is 54.6 Å². The van der Waals surface area contributed by atoms with E-state index in [1.807, 2.05) is 0 Å². The Morgan fingerprint density at radius 3 is 1.70 bits per heavy atom. The van der Waals surface area contributed by atoms with Crippen molar-refractivity contribution in [1.29, 1.82) is 0 Å². The van der Waals surface area contributed by atoms with Crippen LogP contribution in [-0.4, -0.2) is 36.3 Å². The number of hydrogen-bond donors (Lipinski definition) is 4. The van der Waals surface area contributed by atoms with E-state index in [9.17, 15) is 30.0 Å². The van der Waals surface area contributed by atoms with E-state index in [0.717, 1.165) is 22.7 Å². The summed E-state index contributed by atoms with van der Waals surface area (Å²) in [4.78, 5) is 13.1. The molecule has 0 aliphatic rings.